The van der Waals surface area contributed by atoms with Gasteiger partial charge in [0.2, 0.25) is 5.91 Å². The predicted octanol–water partition coefficient (Wildman–Crippen LogP) is 3.05. The Morgan fingerprint density at radius 1 is 1.12 bits per heavy atom. The molecule has 33 heavy (non-hydrogen) atoms. The van der Waals surface area contributed by atoms with Gasteiger partial charge < -0.3 is 25.3 Å². The molecule has 8 nitrogen and oxygen atoms in total. The predicted molar refractivity (Wildman–Crippen MR) is 121 cm³/mol. The quantitative estimate of drug-likeness (QED) is 0.619. The van der Waals surface area contributed by atoms with Crippen LogP contribution < -0.4 is 16.0 Å². The van der Waals surface area contributed by atoms with Crippen LogP contribution >= 0.6 is 0 Å². The van der Waals surface area contributed by atoms with Crippen LogP contribution in [0.15, 0.2) is 47.1 Å². The molecule has 3 N–H and O–H groups in total. The highest BCUT2D eigenvalue weighted by Gasteiger charge is 2.34. The maximum Gasteiger partial charge on any atom is 0.317 e. The number of hydrogen-bond acceptors (Lipinski definition) is 4. The number of amides is 4. The van der Waals surface area contributed by atoms with E-state index in [1.165, 1.54) is 30.5 Å². The lowest BCUT2D eigenvalue weighted by Gasteiger charge is -2.37. The monoisotopic (exact) mass is 458 g/mol. The Kier molecular flexibility index (Phi) is 7.73. The number of rotatable bonds is 6. The summed E-state index contributed by atoms with van der Waals surface area (Å²) in [6.07, 6.45) is 2.63. The van der Waals surface area contributed by atoms with Crippen LogP contribution in [0.4, 0.5) is 9.18 Å². The molecule has 0 spiro atoms. The molecule has 1 saturated heterocycles. The summed E-state index contributed by atoms with van der Waals surface area (Å²) in [6, 6.07) is 7.69. The van der Waals surface area contributed by atoms with Crippen LogP contribution in [-0.4, -0.2) is 47.4 Å². The minimum Gasteiger partial charge on any atom is -0.467 e. The van der Waals surface area contributed by atoms with Gasteiger partial charge in [0.1, 0.15) is 17.6 Å². The second-order valence-electron chi connectivity index (χ2n) is 9.26. The maximum atomic E-state index is 13.2. The third kappa shape index (κ3) is 7.06. The molecule has 0 unspecified atom stereocenters. The second kappa shape index (κ2) is 10.5. The largest absolute Gasteiger partial charge is 0.467 e. The van der Waals surface area contributed by atoms with Crippen molar-refractivity contribution in [1.29, 1.82) is 0 Å². The molecule has 0 radical (unpaired) electrons. The van der Waals surface area contributed by atoms with Crippen LogP contribution in [-0.2, 0) is 11.3 Å². The molecule has 2 aromatic rings. The number of benzene rings is 1. The van der Waals surface area contributed by atoms with Crippen molar-refractivity contribution in [2.45, 2.75) is 51.7 Å². The molecule has 1 aromatic carbocycles. The van der Waals surface area contributed by atoms with E-state index < -0.39 is 17.8 Å². The van der Waals surface area contributed by atoms with E-state index in [9.17, 15) is 18.8 Å². The first-order valence-electron chi connectivity index (χ1n) is 11.1. The van der Waals surface area contributed by atoms with E-state index >= 15 is 0 Å². The third-order valence-electron chi connectivity index (χ3n) is 5.47. The zero-order valence-electron chi connectivity index (χ0n) is 19.2. The highest BCUT2D eigenvalue weighted by Crippen LogP contribution is 2.22. The van der Waals surface area contributed by atoms with E-state index in [1.54, 1.807) is 17.0 Å². The van der Waals surface area contributed by atoms with Crippen LogP contribution in [0.5, 0.6) is 0 Å². The summed E-state index contributed by atoms with van der Waals surface area (Å²) in [4.78, 5) is 40.0. The zero-order chi connectivity index (χ0) is 24.0. The molecule has 1 aliphatic heterocycles. The van der Waals surface area contributed by atoms with Gasteiger partial charge in [-0.3, -0.25) is 9.59 Å². The zero-order valence-corrected chi connectivity index (χ0v) is 19.2. The number of halogens is 1. The fourth-order valence-electron chi connectivity index (χ4n) is 3.76. The number of nitrogens with zero attached hydrogens (tertiary/aromatic N) is 1. The van der Waals surface area contributed by atoms with Crippen LogP contribution in [0.2, 0.25) is 0 Å². The first-order chi connectivity index (χ1) is 15.6. The van der Waals surface area contributed by atoms with E-state index in [-0.39, 0.29) is 35.5 Å². The van der Waals surface area contributed by atoms with Crippen molar-refractivity contribution in [2.24, 2.45) is 5.92 Å². The van der Waals surface area contributed by atoms with Crippen LogP contribution in [0.1, 0.15) is 49.7 Å². The van der Waals surface area contributed by atoms with Crippen LogP contribution in [0.25, 0.3) is 0 Å². The second-order valence-corrected chi connectivity index (χ2v) is 9.26. The van der Waals surface area contributed by atoms with Gasteiger partial charge in [0, 0.05) is 24.2 Å². The fraction of sp³-hybridized carbons (Fsp3) is 0.458. The van der Waals surface area contributed by atoms with E-state index in [0.717, 1.165) is 0 Å². The lowest BCUT2D eigenvalue weighted by atomic mass is 9.88. The van der Waals surface area contributed by atoms with E-state index in [2.05, 4.69) is 16.0 Å². The summed E-state index contributed by atoms with van der Waals surface area (Å²) in [6.45, 7) is 6.90. The molecule has 1 aromatic heterocycles. The Balaban J connectivity index is 1.67. The number of carbonyl (C=O) groups excluding carboxylic acids is 3. The van der Waals surface area contributed by atoms with Gasteiger partial charge in [-0.25, -0.2) is 9.18 Å². The molecule has 9 heteroatoms. The van der Waals surface area contributed by atoms with Crippen molar-refractivity contribution in [3.8, 4) is 0 Å². The van der Waals surface area contributed by atoms with Gasteiger partial charge in [0.05, 0.1) is 12.8 Å². The average Bonchev–Trinajstić information content (AvgIpc) is 3.29. The number of piperidine rings is 1. The summed E-state index contributed by atoms with van der Waals surface area (Å²) >= 11 is 0. The Morgan fingerprint density at radius 2 is 1.79 bits per heavy atom. The third-order valence-corrected chi connectivity index (χ3v) is 5.47. The maximum absolute atomic E-state index is 13.2. The molecular weight excluding hydrogens is 427 g/mol. The van der Waals surface area contributed by atoms with Crippen LogP contribution in [0.3, 0.4) is 0 Å². The number of carbonyl (C=O) groups is 3. The van der Waals surface area contributed by atoms with Crippen molar-refractivity contribution in [3.63, 3.8) is 0 Å². The van der Waals surface area contributed by atoms with Gasteiger partial charge in [-0.2, -0.15) is 0 Å². The normalized spacial score (nSPS) is 15.6. The SMILES string of the molecule is CC(C)(C)NC(=O)N1CCC([C@H](NC(=O)c2ccc(F)cc2)C(=O)NCc2ccco2)CC1. The Labute approximate surface area is 192 Å². The highest BCUT2D eigenvalue weighted by atomic mass is 19.1. The van der Waals surface area contributed by atoms with Crippen molar-refractivity contribution >= 4 is 17.8 Å². The van der Waals surface area contributed by atoms with Gasteiger partial charge in [-0.15, -0.1) is 0 Å². The number of likely N-dealkylation sites (tertiary alicyclic amines) is 1. The van der Waals surface area contributed by atoms with E-state index in [1.807, 2.05) is 20.8 Å². The summed E-state index contributed by atoms with van der Waals surface area (Å²) in [5, 5.41) is 8.57. The summed E-state index contributed by atoms with van der Waals surface area (Å²) < 4.78 is 18.5. The highest BCUT2D eigenvalue weighted by molar-refractivity contribution is 5.97. The van der Waals surface area contributed by atoms with Gasteiger partial charge in [0.15, 0.2) is 0 Å². The number of urea groups is 1. The molecule has 0 bridgehead atoms. The topological polar surface area (TPSA) is 104 Å². The molecule has 1 fully saturated rings. The molecule has 1 atom stereocenters. The minimum atomic E-state index is -0.801. The summed E-state index contributed by atoms with van der Waals surface area (Å²) in [5.74, 6) is -0.800. The average molecular weight is 459 g/mol. The lowest BCUT2D eigenvalue weighted by molar-refractivity contribution is -0.124. The van der Waals surface area contributed by atoms with E-state index in [4.69, 9.17) is 4.42 Å². The molecular formula is C24H31FN4O4. The minimum absolute atomic E-state index is 0.143. The standard InChI is InChI=1S/C24H31FN4O4/c1-24(2,3)28-23(32)29-12-10-16(11-13-29)20(22(31)26-15-19-5-4-14-33-19)27-21(30)17-6-8-18(25)9-7-17/h4-9,14,16,20H,10-13,15H2,1-3H3,(H,26,31)(H,27,30)(H,28,32)/t20-/m0/s1. The molecule has 3 rings (SSSR count). The lowest BCUT2D eigenvalue weighted by Crippen LogP contribution is -2.55. The molecule has 0 saturated carbocycles. The van der Waals surface area contributed by atoms with Crippen LogP contribution in [0, 0.1) is 11.7 Å². The Morgan fingerprint density at radius 3 is 2.36 bits per heavy atom. The summed E-state index contributed by atoms with van der Waals surface area (Å²) in [7, 11) is 0. The molecule has 1 aliphatic rings. The van der Waals surface area contributed by atoms with Gasteiger partial charge >= 0.3 is 6.03 Å². The first-order valence-corrected chi connectivity index (χ1v) is 11.1. The van der Waals surface area contributed by atoms with Gasteiger partial charge in [0.25, 0.3) is 5.91 Å². The molecule has 178 valence electrons. The van der Waals surface area contributed by atoms with E-state index in [0.29, 0.717) is 31.7 Å². The molecule has 4 amide bonds. The van der Waals surface area contributed by atoms with Crippen molar-refractivity contribution in [3.05, 3.63) is 59.8 Å². The van der Waals surface area contributed by atoms with Gasteiger partial charge in [-0.05, 0) is 75.9 Å². The van der Waals surface area contributed by atoms with Crippen molar-refractivity contribution in [1.82, 2.24) is 20.9 Å². The number of hydrogen-bond donors (Lipinski definition) is 3. The summed E-state index contributed by atoms with van der Waals surface area (Å²) in [5.41, 5.74) is -0.0760. The number of nitrogens with one attached hydrogen (secondary N) is 3. The first kappa shape index (κ1) is 24.3. The molecule has 0 aliphatic carbocycles. The van der Waals surface area contributed by atoms with Crippen molar-refractivity contribution < 1.29 is 23.2 Å². The van der Waals surface area contributed by atoms with Gasteiger partial charge in [-0.1, -0.05) is 0 Å². The Hall–Kier alpha value is -3.36. The number of furan rings is 1. The molecule has 2 heterocycles. The smallest absolute Gasteiger partial charge is 0.317 e. The van der Waals surface area contributed by atoms with Crippen molar-refractivity contribution in [2.75, 3.05) is 13.1 Å². The fourth-order valence-corrected chi connectivity index (χ4v) is 3.76. The Bertz CT molecular complexity index is 946.